The summed E-state index contributed by atoms with van der Waals surface area (Å²) < 4.78 is 0. The van der Waals surface area contributed by atoms with Crippen molar-refractivity contribution in [3.63, 3.8) is 0 Å². The second-order valence-electron chi connectivity index (χ2n) is 3.62. The zero-order chi connectivity index (χ0) is 10.8. The Kier molecular flexibility index (Phi) is 3.07. The highest BCUT2D eigenvalue weighted by atomic mass is 32.2. The molecule has 3 nitrogen and oxygen atoms in total. The van der Waals surface area contributed by atoms with Crippen LogP contribution in [0.2, 0.25) is 0 Å². The molecule has 1 aliphatic carbocycles. The number of aliphatic hydroxyl groups excluding tert-OH is 1. The lowest BCUT2D eigenvalue weighted by atomic mass is 10.1. The third-order valence-electron chi connectivity index (χ3n) is 2.36. The normalized spacial score (nSPS) is 26.0. The van der Waals surface area contributed by atoms with Crippen LogP contribution in [0.5, 0.6) is 0 Å². The molecular formula is C11H13NO2S. The minimum Gasteiger partial charge on any atom is -0.390 e. The van der Waals surface area contributed by atoms with Crippen molar-refractivity contribution in [2.75, 3.05) is 0 Å². The van der Waals surface area contributed by atoms with Crippen LogP contribution in [-0.4, -0.2) is 28.1 Å². The maximum absolute atomic E-state index is 11.1. The van der Waals surface area contributed by atoms with Crippen molar-refractivity contribution < 1.29 is 9.90 Å². The van der Waals surface area contributed by atoms with Crippen molar-refractivity contribution >= 4 is 23.3 Å². The lowest BCUT2D eigenvalue weighted by Crippen LogP contribution is -2.18. The van der Waals surface area contributed by atoms with Gasteiger partial charge in [0.1, 0.15) is 5.37 Å². The Morgan fingerprint density at radius 3 is 3.13 bits per heavy atom. The van der Waals surface area contributed by atoms with Crippen LogP contribution >= 0.6 is 11.8 Å². The van der Waals surface area contributed by atoms with Crippen molar-refractivity contribution in [1.29, 1.82) is 0 Å². The van der Waals surface area contributed by atoms with E-state index in [-0.39, 0.29) is 11.2 Å². The lowest BCUT2D eigenvalue weighted by molar-refractivity contribution is -0.110. The van der Waals surface area contributed by atoms with Crippen LogP contribution < -0.4 is 0 Å². The van der Waals surface area contributed by atoms with Crippen LogP contribution in [0.4, 0.5) is 0 Å². The van der Waals surface area contributed by atoms with Gasteiger partial charge in [-0.25, -0.2) is 0 Å². The van der Waals surface area contributed by atoms with E-state index in [1.165, 1.54) is 17.8 Å². The first-order chi connectivity index (χ1) is 7.20. The Hall–Kier alpha value is -0.870. The summed E-state index contributed by atoms with van der Waals surface area (Å²) in [6.45, 7) is 2.03. The number of hydrogen-bond acceptors (Lipinski definition) is 4. The minimum absolute atomic E-state index is 0.00193. The molecule has 15 heavy (non-hydrogen) atoms. The van der Waals surface area contributed by atoms with E-state index in [2.05, 4.69) is 4.99 Å². The quantitative estimate of drug-likeness (QED) is 0.741. The Bertz CT molecular complexity index is 371. The first kappa shape index (κ1) is 10.6. The zero-order valence-corrected chi connectivity index (χ0v) is 9.33. The lowest BCUT2D eigenvalue weighted by Gasteiger charge is -2.13. The first-order valence-corrected chi connectivity index (χ1v) is 5.95. The number of fused-ring (bicyclic) bond motifs is 1. The third-order valence-corrected chi connectivity index (χ3v) is 3.60. The van der Waals surface area contributed by atoms with Crippen LogP contribution in [0.1, 0.15) is 19.8 Å². The number of hydrogen-bond donors (Lipinski definition) is 1. The van der Waals surface area contributed by atoms with E-state index in [4.69, 9.17) is 0 Å². The van der Waals surface area contributed by atoms with E-state index < -0.39 is 6.10 Å². The van der Waals surface area contributed by atoms with E-state index in [1.54, 1.807) is 12.2 Å². The molecule has 0 spiro atoms. The van der Waals surface area contributed by atoms with Crippen LogP contribution in [0, 0.1) is 0 Å². The highest BCUT2D eigenvalue weighted by Gasteiger charge is 2.29. The fraction of sp³-hybridized carbons (Fsp3) is 0.455. The summed E-state index contributed by atoms with van der Waals surface area (Å²) in [6.07, 6.45) is 6.10. The molecule has 0 bridgehead atoms. The van der Waals surface area contributed by atoms with Gasteiger partial charge in [0.25, 0.3) is 0 Å². The Morgan fingerprint density at radius 2 is 2.40 bits per heavy atom. The van der Waals surface area contributed by atoms with Gasteiger partial charge in [-0.15, -0.1) is 0 Å². The van der Waals surface area contributed by atoms with Crippen molar-refractivity contribution in [1.82, 2.24) is 0 Å². The molecule has 0 aromatic carbocycles. The summed E-state index contributed by atoms with van der Waals surface area (Å²) in [7, 11) is 0. The van der Waals surface area contributed by atoms with Crippen molar-refractivity contribution in [2.45, 2.75) is 31.2 Å². The molecular weight excluding hydrogens is 210 g/mol. The SMILES string of the molecule is CCCC(O)C1N=C2C=CC(=O)C=C2S1. The largest absolute Gasteiger partial charge is 0.390 e. The number of allylic oxidation sites excluding steroid dienone is 4. The zero-order valence-electron chi connectivity index (χ0n) is 8.51. The monoisotopic (exact) mass is 223 g/mol. The third kappa shape index (κ3) is 2.21. The second-order valence-corrected chi connectivity index (χ2v) is 4.78. The number of aliphatic hydroxyl groups is 1. The predicted octanol–water partition coefficient (Wildman–Crippen LogP) is 1.68. The maximum Gasteiger partial charge on any atom is 0.179 e. The van der Waals surface area contributed by atoms with Gasteiger partial charge >= 0.3 is 0 Å². The van der Waals surface area contributed by atoms with Gasteiger partial charge in [-0.3, -0.25) is 9.79 Å². The van der Waals surface area contributed by atoms with Gasteiger partial charge in [-0.1, -0.05) is 25.1 Å². The van der Waals surface area contributed by atoms with Crippen LogP contribution in [0.3, 0.4) is 0 Å². The molecule has 4 heteroatoms. The summed E-state index contributed by atoms with van der Waals surface area (Å²) in [5, 5.41) is 9.66. The fourth-order valence-corrected chi connectivity index (χ4v) is 2.74. The average molecular weight is 223 g/mol. The summed E-state index contributed by atoms with van der Waals surface area (Å²) >= 11 is 1.48. The highest BCUT2D eigenvalue weighted by Crippen LogP contribution is 2.36. The topological polar surface area (TPSA) is 49.7 Å². The van der Waals surface area contributed by atoms with E-state index in [1.807, 2.05) is 6.92 Å². The van der Waals surface area contributed by atoms with Crippen molar-refractivity contribution in [3.8, 4) is 0 Å². The predicted molar refractivity (Wildman–Crippen MR) is 62.0 cm³/mol. The van der Waals surface area contributed by atoms with Gasteiger partial charge in [0.15, 0.2) is 5.78 Å². The number of rotatable bonds is 3. The molecule has 0 saturated carbocycles. The van der Waals surface area contributed by atoms with Gasteiger partial charge in [0, 0.05) is 11.0 Å². The summed E-state index contributed by atoms with van der Waals surface area (Å²) in [5.74, 6) is 0.00193. The molecule has 0 aromatic rings. The van der Waals surface area contributed by atoms with Crippen molar-refractivity contribution in [3.05, 3.63) is 23.1 Å². The molecule has 0 aromatic heterocycles. The molecule has 80 valence electrons. The molecule has 2 aliphatic rings. The number of aliphatic imine (C=N–C) groups is 1. The second kappa shape index (κ2) is 4.33. The molecule has 1 aliphatic heterocycles. The molecule has 2 atom stereocenters. The minimum atomic E-state index is -0.414. The highest BCUT2D eigenvalue weighted by molar-refractivity contribution is 8.05. The van der Waals surface area contributed by atoms with E-state index in [0.717, 1.165) is 23.5 Å². The number of thioether (sulfide) groups is 1. The summed E-state index contributed by atoms with van der Waals surface area (Å²) in [5.41, 5.74) is 0.833. The molecule has 0 radical (unpaired) electrons. The molecule has 2 rings (SSSR count). The van der Waals surface area contributed by atoms with Gasteiger partial charge in [0.2, 0.25) is 0 Å². The number of ketones is 1. The van der Waals surface area contributed by atoms with Gasteiger partial charge < -0.3 is 5.11 Å². The van der Waals surface area contributed by atoms with Crippen molar-refractivity contribution in [2.24, 2.45) is 4.99 Å². The average Bonchev–Trinajstić information content (AvgIpc) is 2.60. The summed E-state index contributed by atoms with van der Waals surface area (Å²) in [4.78, 5) is 16.4. The molecule has 0 fully saturated rings. The summed E-state index contributed by atoms with van der Waals surface area (Å²) in [6, 6.07) is 0. The Balaban J connectivity index is 2.11. The standard InChI is InChI=1S/C11H13NO2S/c1-2-3-9(14)11-12-8-5-4-7(13)6-10(8)15-11/h4-6,9,11,14H,2-3H2,1H3. The molecule has 0 amide bonds. The Labute approximate surface area is 93.0 Å². The van der Waals surface area contributed by atoms with E-state index in [9.17, 15) is 9.90 Å². The first-order valence-electron chi connectivity index (χ1n) is 5.07. The molecule has 1 heterocycles. The number of carbonyl (C=O) groups is 1. The van der Waals surface area contributed by atoms with E-state index >= 15 is 0 Å². The van der Waals surface area contributed by atoms with Crippen LogP contribution in [0.25, 0.3) is 0 Å². The van der Waals surface area contributed by atoms with Gasteiger partial charge in [-0.05, 0) is 18.6 Å². The molecule has 2 unspecified atom stereocenters. The van der Waals surface area contributed by atoms with Crippen LogP contribution in [-0.2, 0) is 4.79 Å². The smallest absolute Gasteiger partial charge is 0.179 e. The van der Waals surface area contributed by atoms with E-state index in [0.29, 0.717) is 0 Å². The number of nitrogens with zero attached hydrogens (tertiary/aromatic N) is 1. The van der Waals surface area contributed by atoms with Crippen LogP contribution in [0.15, 0.2) is 28.1 Å². The van der Waals surface area contributed by atoms with Gasteiger partial charge in [0.05, 0.1) is 11.8 Å². The molecule has 0 saturated heterocycles. The van der Waals surface area contributed by atoms with Gasteiger partial charge in [-0.2, -0.15) is 0 Å². The maximum atomic E-state index is 11.1. The Morgan fingerprint density at radius 1 is 1.60 bits per heavy atom. The molecule has 1 N–H and O–H groups in total. The fourth-order valence-electron chi connectivity index (χ4n) is 1.59. The number of carbonyl (C=O) groups excluding carboxylic acids is 1.